The molecule has 0 radical (unpaired) electrons. The summed E-state index contributed by atoms with van der Waals surface area (Å²) in [6.45, 7) is 10.0. The van der Waals surface area contributed by atoms with Crippen molar-refractivity contribution in [3.63, 3.8) is 0 Å². The molecule has 1 fully saturated rings. The first kappa shape index (κ1) is 43.8. The van der Waals surface area contributed by atoms with Crippen molar-refractivity contribution in [3.8, 4) is 0 Å². The van der Waals surface area contributed by atoms with Crippen molar-refractivity contribution in [1.29, 1.82) is 0 Å². The van der Waals surface area contributed by atoms with Crippen LogP contribution in [0.4, 0.5) is 30.4 Å². The largest absolute Gasteiger partial charge is 0.433 e. The predicted octanol–water partition coefficient (Wildman–Crippen LogP) is 8.50. The third-order valence-electron chi connectivity index (χ3n) is 10.4. The van der Waals surface area contributed by atoms with E-state index < -0.39 is 17.3 Å². The van der Waals surface area contributed by atoms with Crippen LogP contribution in [0.25, 0.3) is 0 Å². The smallest absolute Gasteiger partial charge is 0.354 e. The Kier molecular flexibility index (Phi) is 15.3. The summed E-state index contributed by atoms with van der Waals surface area (Å²) in [6.07, 6.45) is 1.99. The zero-order chi connectivity index (χ0) is 41.2. The number of para-hydroxylation sites is 2. The summed E-state index contributed by atoms with van der Waals surface area (Å²) >= 11 is 5.63. The second-order valence-corrected chi connectivity index (χ2v) is 16.2. The quantitative estimate of drug-likeness (QED) is 0.148. The number of hydrogen-bond acceptors (Lipinski definition) is 8. The highest BCUT2D eigenvalue weighted by molar-refractivity contribution is 6.17. The summed E-state index contributed by atoms with van der Waals surface area (Å²) < 4.78 is 40.4. The Morgan fingerprint density at radius 1 is 0.702 bits per heavy atom. The lowest BCUT2D eigenvalue weighted by molar-refractivity contribution is -0.141. The second-order valence-electron chi connectivity index (χ2n) is 15.8. The van der Waals surface area contributed by atoms with Crippen LogP contribution < -0.4 is 14.7 Å². The van der Waals surface area contributed by atoms with Gasteiger partial charge in [-0.05, 0) is 69.3 Å². The molecule has 1 saturated heterocycles. The number of nitrogens with zero attached hydrogens (tertiary/aromatic N) is 6. The Labute approximate surface area is 338 Å². The van der Waals surface area contributed by atoms with Crippen molar-refractivity contribution in [2.45, 2.75) is 96.6 Å². The number of fused-ring (bicyclic) bond motifs is 2. The van der Waals surface area contributed by atoms with Crippen molar-refractivity contribution in [3.05, 3.63) is 77.2 Å². The standard InChI is InChI=1S/C28H36F3N5O2.C15H18ClNO2/c1-27(2,3)26-32-23(28(29,30)31)19-24(33-26)35-17-15-34(16-18-35)13-7-6-12-25(38)36-14-8-11-22(37)20-9-4-5-10-21(20)36;16-10-4-3-9-15(19)17-11-5-8-14(18)12-6-1-2-7-13(12)17/h4-5,9-10,19H,6-8,11-18H2,1-3H3;1-2,6-7H,3-5,8-11H2. The minimum Gasteiger partial charge on any atom is -0.354 e. The van der Waals surface area contributed by atoms with Gasteiger partial charge in [0, 0.05) is 93.4 Å². The van der Waals surface area contributed by atoms with E-state index >= 15 is 0 Å². The third kappa shape index (κ3) is 11.8. The van der Waals surface area contributed by atoms with Gasteiger partial charge in [-0.25, -0.2) is 9.97 Å². The number of aromatic nitrogens is 2. The Balaban J connectivity index is 0.000000273. The fraction of sp³-hybridized carbons (Fsp3) is 0.535. The lowest BCUT2D eigenvalue weighted by atomic mass is 9.95. The number of hydrogen-bond donors (Lipinski definition) is 0. The molecule has 3 aliphatic heterocycles. The monoisotopic (exact) mass is 810 g/mol. The zero-order valence-electron chi connectivity index (χ0n) is 33.3. The molecule has 10 nitrogen and oxygen atoms in total. The number of Topliss-reactive ketones (excluding diaryl/α,β-unsaturated/α-hetero) is 2. The summed E-state index contributed by atoms with van der Waals surface area (Å²) in [5.74, 6) is 1.43. The molecule has 57 heavy (non-hydrogen) atoms. The second kappa shape index (κ2) is 19.9. The van der Waals surface area contributed by atoms with Crippen molar-refractivity contribution < 1.29 is 32.3 Å². The molecule has 3 aliphatic rings. The van der Waals surface area contributed by atoms with Crippen LogP contribution in [0.3, 0.4) is 0 Å². The van der Waals surface area contributed by atoms with E-state index in [2.05, 4.69) is 14.9 Å². The molecule has 0 saturated carbocycles. The van der Waals surface area contributed by atoms with E-state index in [4.69, 9.17) is 11.6 Å². The van der Waals surface area contributed by atoms with E-state index in [1.165, 1.54) is 0 Å². The zero-order valence-corrected chi connectivity index (χ0v) is 34.0. The van der Waals surface area contributed by atoms with Crippen molar-refractivity contribution >= 4 is 52.2 Å². The van der Waals surface area contributed by atoms with Gasteiger partial charge in [0.05, 0.1) is 11.4 Å². The van der Waals surface area contributed by atoms with Gasteiger partial charge in [0.2, 0.25) is 11.8 Å². The Bertz CT molecular complexity index is 1840. The van der Waals surface area contributed by atoms with Crippen LogP contribution in [0.15, 0.2) is 54.6 Å². The highest BCUT2D eigenvalue weighted by Gasteiger charge is 2.36. The molecule has 0 spiro atoms. The van der Waals surface area contributed by atoms with E-state index in [9.17, 15) is 32.3 Å². The summed E-state index contributed by atoms with van der Waals surface area (Å²) in [5, 5.41) is 0. The molecule has 6 rings (SSSR count). The van der Waals surface area contributed by atoms with Crippen LogP contribution in [-0.2, 0) is 21.2 Å². The maximum Gasteiger partial charge on any atom is 0.433 e. The van der Waals surface area contributed by atoms with Crippen LogP contribution in [-0.4, -0.2) is 89.9 Å². The number of anilines is 3. The van der Waals surface area contributed by atoms with Gasteiger partial charge in [0.15, 0.2) is 11.6 Å². The first-order valence-corrected chi connectivity index (χ1v) is 20.6. The fourth-order valence-electron chi connectivity index (χ4n) is 7.24. The van der Waals surface area contributed by atoms with Crippen molar-refractivity contribution in [2.75, 3.05) is 66.4 Å². The molecular weight excluding hydrogens is 757 g/mol. The summed E-state index contributed by atoms with van der Waals surface area (Å²) in [7, 11) is 0. The van der Waals surface area contributed by atoms with E-state index in [0.717, 1.165) is 50.4 Å². The lowest BCUT2D eigenvalue weighted by Crippen LogP contribution is -2.47. The van der Waals surface area contributed by atoms with Gasteiger partial charge in [-0.3, -0.25) is 24.1 Å². The minimum atomic E-state index is -4.53. The van der Waals surface area contributed by atoms with Gasteiger partial charge >= 0.3 is 6.18 Å². The Morgan fingerprint density at radius 2 is 1.21 bits per heavy atom. The van der Waals surface area contributed by atoms with E-state index in [-0.39, 0.29) is 29.2 Å². The van der Waals surface area contributed by atoms with Crippen molar-refractivity contribution in [1.82, 2.24) is 14.9 Å². The molecule has 0 aliphatic carbocycles. The number of carbonyl (C=O) groups is 4. The number of ketones is 2. The number of unbranched alkanes of at least 4 members (excludes halogenated alkanes) is 2. The van der Waals surface area contributed by atoms with E-state index in [0.29, 0.717) is 99.9 Å². The van der Waals surface area contributed by atoms with Crippen LogP contribution >= 0.6 is 11.6 Å². The highest BCUT2D eigenvalue weighted by atomic mass is 35.5. The summed E-state index contributed by atoms with van der Waals surface area (Å²) in [6, 6.07) is 15.7. The molecular formula is C43H54ClF3N6O4. The average molecular weight is 811 g/mol. The molecule has 308 valence electrons. The third-order valence-corrected chi connectivity index (χ3v) is 10.7. The van der Waals surface area contributed by atoms with Gasteiger partial charge < -0.3 is 14.7 Å². The molecule has 2 amide bonds. The molecule has 2 aromatic carbocycles. The summed E-state index contributed by atoms with van der Waals surface area (Å²) in [5.41, 5.74) is 1.27. The number of carbonyl (C=O) groups excluding carboxylic acids is 4. The lowest BCUT2D eigenvalue weighted by Gasteiger charge is -2.36. The van der Waals surface area contributed by atoms with Gasteiger partial charge in [-0.1, -0.05) is 45.0 Å². The SMILES string of the molecule is CC(C)(C)c1nc(N2CCN(CCCCC(=O)N3CCCC(=O)c4ccccc43)CC2)cc(C(F)(F)F)n1.O=C1CCCN(C(=O)CCCCCl)c2ccccc21. The predicted molar refractivity (Wildman–Crippen MR) is 218 cm³/mol. The molecule has 14 heteroatoms. The molecule has 3 aromatic rings. The number of rotatable bonds is 10. The van der Waals surface area contributed by atoms with Gasteiger partial charge in [0.1, 0.15) is 17.3 Å². The van der Waals surface area contributed by atoms with Crippen LogP contribution in [0.5, 0.6) is 0 Å². The number of halogens is 4. The number of benzene rings is 2. The maximum absolute atomic E-state index is 13.5. The Morgan fingerprint density at radius 3 is 1.70 bits per heavy atom. The number of amides is 2. The van der Waals surface area contributed by atoms with Crippen LogP contribution in [0.1, 0.15) is 117 Å². The molecule has 4 heterocycles. The molecule has 0 N–H and O–H groups in total. The first-order chi connectivity index (χ1) is 27.2. The van der Waals surface area contributed by atoms with E-state index in [1.807, 2.05) is 47.4 Å². The fourth-order valence-corrected chi connectivity index (χ4v) is 7.43. The number of piperazine rings is 1. The van der Waals surface area contributed by atoms with Gasteiger partial charge in [0.25, 0.3) is 0 Å². The van der Waals surface area contributed by atoms with Gasteiger partial charge in [-0.15, -0.1) is 11.6 Å². The molecule has 0 bridgehead atoms. The normalized spacial score (nSPS) is 16.6. The molecule has 0 atom stereocenters. The Hall–Kier alpha value is -4.36. The molecule has 0 unspecified atom stereocenters. The van der Waals surface area contributed by atoms with Crippen molar-refractivity contribution in [2.24, 2.45) is 0 Å². The molecule has 1 aromatic heterocycles. The maximum atomic E-state index is 13.5. The summed E-state index contributed by atoms with van der Waals surface area (Å²) in [4.78, 5) is 65.5. The average Bonchev–Trinajstić information content (AvgIpc) is 3.47. The van der Waals surface area contributed by atoms with Gasteiger partial charge in [-0.2, -0.15) is 13.2 Å². The topological polar surface area (TPSA) is 107 Å². The van der Waals surface area contributed by atoms with Crippen LogP contribution in [0.2, 0.25) is 0 Å². The first-order valence-electron chi connectivity index (χ1n) is 20.0. The van der Waals surface area contributed by atoms with E-state index in [1.54, 1.807) is 36.6 Å². The minimum absolute atomic E-state index is 0.0378. The number of alkyl halides is 4. The highest BCUT2D eigenvalue weighted by Crippen LogP contribution is 2.33. The van der Waals surface area contributed by atoms with Crippen LogP contribution in [0, 0.1) is 0 Å².